The summed E-state index contributed by atoms with van der Waals surface area (Å²) in [5.74, 6) is 0. The van der Waals surface area contributed by atoms with E-state index in [9.17, 15) is 34.8 Å². The van der Waals surface area contributed by atoms with Gasteiger partial charge in [-0.1, -0.05) is 42.5 Å². The van der Waals surface area contributed by atoms with Crippen LogP contribution in [0.2, 0.25) is 0 Å². The molecular formula is C20H14F6O3S2. The zero-order chi connectivity index (χ0) is 22.9. The molecule has 0 aliphatic heterocycles. The van der Waals surface area contributed by atoms with Gasteiger partial charge >= 0.3 is 21.8 Å². The summed E-state index contributed by atoms with van der Waals surface area (Å²) < 4.78 is 109. The van der Waals surface area contributed by atoms with E-state index in [0.717, 1.165) is 18.2 Å². The molecule has 3 aromatic rings. The van der Waals surface area contributed by atoms with Crippen LogP contribution in [0.4, 0.5) is 26.3 Å². The smallest absolute Gasteiger partial charge is 0.200 e. The Balaban J connectivity index is 2.42. The molecule has 0 spiro atoms. The molecule has 3 nitrogen and oxygen atoms in total. The fourth-order valence-electron chi connectivity index (χ4n) is 2.77. The maximum absolute atomic E-state index is 13.4. The number of benzene rings is 3. The first-order valence-electron chi connectivity index (χ1n) is 8.51. The van der Waals surface area contributed by atoms with Crippen molar-refractivity contribution < 1.29 is 38.4 Å². The number of alkyl halides is 6. The summed E-state index contributed by atoms with van der Waals surface area (Å²) in [6.45, 7) is 0. The van der Waals surface area contributed by atoms with E-state index in [1.165, 1.54) is 60.7 Å². The highest BCUT2D eigenvalue weighted by Gasteiger charge is 2.52. The number of rotatable bonds is 5. The number of hydrogen-bond acceptors (Lipinski definition) is 3. The second-order valence-electron chi connectivity index (χ2n) is 6.18. The minimum atomic E-state index is -6.19. The van der Waals surface area contributed by atoms with E-state index in [1.54, 1.807) is 0 Å². The fourth-order valence-corrected chi connectivity index (χ4v) is 7.56. The van der Waals surface area contributed by atoms with Gasteiger partial charge in [-0.25, -0.2) is 0 Å². The van der Waals surface area contributed by atoms with Crippen molar-refractivity contribution >= 4 is 20.4 Å². The molecule has 0 saturated carbocycles. The molecule has 0 radical (unpaired) electrons. The van der Waals surface area contributed by atoms with Gasteiger partial charge in [0.15, 0.2) is 0 Å². The van der Waals surface area contributed by atoms with Crippen LogP contribution in [0.3, 0.4) is 0 Å². The summed E-state index contributed by atoms with van der Waals surface area (Å²) in [5.41, 5.74) is -6.93. The van der Waals surface area contributed by atoms with E-state index in [0.29, 0.717) is 6.07 Å². The lowest BCUT2D eigenvalue weighted by molar-refractivity contribution is -0.137. The average Bonchev–Trinajstić information content (AvgIpc) is 2.72. The molecule has 0 bridgehead atoms. The summed E-state index contributed by atoms with van der Waals surface area (Å²) >= 11 is 0. The third kappa shape index (κ3) is 4.58. The van der Waals surface area contributed by atoms with Crippen LogP contribution in [-0.4, -0.2) is 13.9 Å². The molecule has 3 aromatic carbocycles. The van der Waals surface area contributed by atoms with Gasteiger partial charge in [0.1, 0.15) is 0 Å². The Morgan fingerprint density at radius 1 is 0.613 bits per heavy atom. The van der Waals surface area contributed by atoms with Crippen molar-refractivity contribution in [1.29, 1.82) is 0 Å². The van der Waals surface area contributed by atoms with E-state index in [2.05, 4.69) is 0 Å². The lowest BCUT2D eigenvalue weighted by Crippen LogP contribution is -2.27. The fraction of sp³-hybridized carbons (Fsp3) is 0.100. The maximum Gasteiger partial charge on any atom is 0.524 e. The Morgan fingerprint density at radius 3 is 1.48 bits per heavy atom. The van der Waals surface area contributed by atoms with Crippen molar-refractivity contribution in [2.24, 2.45) is 0 Å². The van der Waals surface area contributed by atoms with Gasteiger partial charge in [-0.2, -0.15) is 38.4 Å². The second kappa shape index (κ2) is 8.21. The van der Waals surface area contributed by atoms with Crippen molar-refractivity contribution in [3.63, 3.8) is 0 Å². The first-order chi connectivity index (χ1) is 14.4. The van der Waals surface area contributed by atoms with Gasteiger partial charge in [0.25, 0.3) is 0 Å². The van der Waals surface area contributed by atoms with Crippen LogP contribution in [0.1, 0.15) is 5.56 Å². The van der Waals surface area contributed by atoms with Gasteiger partial charge in [-0.15, -0.1) is 0 Å². The van der Waals surface area contributed by atoms with Gasteiger partial charge < -0.3 is 0 Å². The predicted molar refractivity (Wildman–Crippen MR) is 103 cm³/mol. The zero-order valence-electron chi connectivity index (χ0n) is 15.4. The molecule has 0 fully saturated rings. The highest BCUT2D eigenvalue weighted by atomic mass is 32.3. The third-order valence-electron chi connectivity index (χ3n) is 4.12. The SMILES string of the molecule is O=S(=O)(OS(c1ccccc1)(c1ccccc1)c1cccc(C(F)(F)F)c1)C(F)(F)F. The third-order valence-corrected chi connectivity index (χ3v) is 9.01. The quantitative estimate of drug-likeness (QED) is 0.299. The highest BCUT2D eigenvalue weighted by molar-refractivity contribution is 8.33. The van der Waals surface area contributed by atoms with E-state index >= 15 is 0 Å². The van der Waals surface area contributed by atoms with Crippen LogP contribution in [0.25, 0.3) is 0 Å². The molecule has 0 atom stereocenters. The molecule has 0 unspecified atom stereocenters. The first-order valence-corrected chi connectivity index (χ1v) is 11.5. The van der Waals surface area contributed by atoms with E-state index in [-0.39, 0.29) is 14.7 Å². The Bertz CT molecular complexity index is 1110. The van der Waals surface area contributed by atoms with Crippen LogP contribution in [-0.2, 0) is 19.9 Å². The van der Waals surface area contributed by atoms with Crippen LogP contribution < -0.4 is 0 Å². The number of hydrogen-bond donors (Lipinski definition) is 0. The van der Waals surface area contributed by atoms with Gasteiger partial charge in [-0.3, -0.25) is 0 Å². The van der Waals surface area contributed by atoms with E-state index in [4.69, 9.17) is 3.63 Å². The molecule has 0 N–H and O–H groups in total. The Labute approximate surface area is 175 Å². The molecular weight excluding hydrogens is 466 g/mol. The monoisotopic (exact) mass is 480 g/mol. The van der Waals surface area contributed by atoms with Crippen LogP contribution >= 0.6 is 10.3 Å². The van der Waals surface area contributed by atoms with Gasteiger partial charge in [0.2, 0.25) is 0 Å². The molecule has 0 saturated heterocycles. The van der Waals surface area contributed by atoms with Crippen molar-refractivity contribution in [1.82, 2.24) is 0 Å². The van der Waals surface area contributed by atoms with Crippen LogP contribution in [0.15, 0.2) is 99.6 Å². The topological polar surface area (TPSA) is 43.4 Å². The Hall–Kier alpha value is -2.50. The summed E-state index contributed by atoms with van der Waals surface area (Å²) in [4.78, 5) is -0.394. The summed E-state index contributed by atoms with van der Waals surface area (Å²) in [7, 11) is -9.96. The molecule has 0 heterocycles. The van der Waals surface area contributed by atoms with Crippen LogP contribution in [0, 0.1) is 0 Å². The zero-order valence-corrected chi connectivity index (χ0v) is 17.0. The Morgan fingerprint density at radius 2 is 1.06 bits per heavy atom. The molecule has 3 rings (SSSR count). The maximum atomic E-state index is 13.4. The minimum Gasteiger partial charge on any atom is -0.200 e. The molecule has 0 aliphatic rings. The summed E-state index contributed by atoms with van der Waals surface area (Å²) in [5, 5.41) is 0. The van der Waals surface area contributed by atoms with Gasteiger partial charge in [0, 0.05) is 14.7 Å². The van der Waals surface area contributed by atoms with Crippen molar-refractivity contribution in [2.45, 2.75) is 26.4 Å². The predicted octanol–water partition coefficient (Wildman–Crippen LogP) is 6.77. The molecule has 0 amide bonds. The van der Waals surface area contributed by atoms with E-state index in [1.807, 2.05) is 0 Å². The largest absolute Gasteiger partial charge is 0.524 e. The lowest BCUT2D eigenvalue weighted by Gasteiger charge is -2.39. The second-order valence-corrected chi connectivity index (χ2v) is 10.6. The average molecular weight is 480 g/mol. The van der Waals surface area contributed by atoms with Gasteiger partial charge in [-0.05, 0) is 52.8 Å². The minimum absolute atomic E-state index is 0.0200. The lowest BCUT2D eigenvalue weighted by atomic mass is 10.2. The normalized spacial score (nSPS) is 13.7. The summed E-state index contributed by atoms with van der Waals surface area (Å²) in [6, 6.07) is 17.5. The first kappa shape index (κ1) is 23.2. The van der Waals surface area contributed by atoms with Crippen molar-refractivity contribution in [3.8, 4) is 0 Å². The number of halogens is 6. The molecule has 166 valence electrons. The molecule has 11 heteroatoms. The van der Waals surface area contributed by atoms with Crippen molar-refractivity contribution in [2.75, 3.05) is 0 Å². The molecule has 31 heavy (non-hydrogen) atoms. The Kier molecular flexibility index (Phi) is 6.14. The molecule has 0 aliphatic carbocycles. The molecule has 0 aromatic heterocycles. The van der Waals surface area contributed by atoms with E-state index < -0.39 is 37.7 Å². The summed E-state index contributed by atoms with van der Waals surface area (Å²) in [6.07, 6.45) is -4.81. The van der Waals surface area contributed by atoms with Crippen LogP contribution in [0.5, 0.6) is 0 Å². The standard InChI is InChI=1S/C20H14F6O3S2/c21-19(22,23)15-8-7-13-18(14-15)30(16-9-3-1-4-10-16,17-11-5-2-6-12-17)29-31(27,28)20(24,25)26/h1-14H. The van der Waals surface area contributed by atoms with Gasteiger partial charge in [0.05, 0.1) is 5.56 Å². The highest BCUT2D eigenvalue weighted by Crippen LogP contribution is 2.70. The van der Waals surface area contributed by atoms with Crippen molar-refractivity contribution in [3.05, 3.63) is 90.5 Å².